The molecule has 0 saturated heterocycles. The normalized spacial score (nSPS) is 13.1. The van der Waals surface area contributed by atoms with E-state index in [2.05, 4.69) is 0 Å². The molecular weight excluding hydrogens is 200 g/mol. The lowest BCUT2D eigenvalue weighted by atomic mass is 9.89. The Bertz CT molecular complexity index is 651. The second-order valence-corrected chi connectivity index (χ2v) is 3.79. The lowest BCUT2D eigenvalue weighted by Crippen LogP contribution is -2.05. The molecule has 1 aliphatic carbocycles. The number of aldehydes is 1. The third-order valence-electron chi connectivity index (χ3n) is 2.90. The Morgan fingerprint density at radius 3 is 2.69 bits per heavy atom. The van der Waals surface area contributed by atoms with Gasteiger partial charge in [-0.3, -0.25) is 9.59 Å². The summed E-state index contributed by atoms with van der Waals surface area (Å²) in [6.07, 6.45) is 4.05. The van der Waals surface area contributed by atoms with Crippen LogP contribution in [0, 0.1) is 0 Å². The van der Waals surface area contributed by atoms with Gasteiger partial charge in [0.1, 0.15) is 0 Å². The van der Waals surface area contributed by atoms with E-state index in [1.54, 1.807) is 12.1 Å². The van der Waals surface area contributed by atoms with Crippen LogP contribution in [0.3, 0.4) is 0 Å². The maximum Gasteiger partial charge on any atom is 0.187 e. The summed E-state index contributed by atoms with van der Waals surface area (Å²) in [5.41, 5.74) is 2.00. The van der Waals surface area contributed by atoms with Crippen molar-refractivity contribution in [3.8, 4) is 0 Å². The molecule has 2 nitrogen and oxygen atoms in total. The van der Waals surface area contributed by atoms with Crippen LogP contribution in [0.4, 0.5) is 0 Å². The van der Waals surface area contributed by atoms with E-state index >= 15 is 0 Å². The number of hydrogen-bond donors (Lipinski definition) is 0. The molecule has 1 aliphatic rings. The second-order valence-electron chi connectivity index (χ2n) is 3.79. The van der Waals surface area contributed by atoms with E-state index < -0.39 is 0 Å². The van der Waals surface area contributed by atoms with Gasteiger partial charge in [-0.05, 0) is 17.0 Å². The molecule has 16 heavy (non-hydrogen) atoms. The summed E-state index contributed by atoms with van der Waals surface area (Å²) in [5, 5.41) is 1.88. The third kappa shape index (κ3) is 1.07. The largest absolute Gasteiger partial charge is 0.298 e. The van der Waals surface area contributed by atoms with E-state index in [9.17, 15) is 9.59 Å². The summed E-state index contributed by atoms with van der Waals surface area (Å²) >= 11 is 0. The Morgan fingerprint density at radius 1 is 1.00 bits per heavy atom. The van der Waals surface area contributed by atoms with Crippen LogP contribution in [-0.4, -0.2) is 12.1 Å². The van der Waals surface area contributed by atoms with Crippen molar-refractivity contribution in [2.75, 3.05) is 0 Å². The summed E-state index contributed by atoms with van der Waals surface area (Å²) in [6.45, 7) is 0. The van der Waals surface area contributed by atoms with E-state index in [1.807, 2.05) is 24.3 Å². The van der Waals surface area contributed by atoms with Crippen LogP contribution in [-0.2, 0) is 0 Å². The molecule has 0 heterocycles. The molecule has 0 unspecified atom stereocenters. The molecule has 0 atom stereocenters. The fraction of sp³-hybridized carbons (Fsp3) is 0. The first-order valence-electron chi connectivity index (χ1n) is 5.04. The van der Waals surface area contributed by atoms with Crippen LogP contribution in [0.15, 0.2) is 36.4 Å². The van der Waals surface area contributed by atoms with Gasteiger partial charge in [0.05, 0.1) is 0 Å². The lowest BCUT2D eigenvalue weighted by molar-refractivity contribution is 0.103. The second kappa shape index (κ2) is 3.14. The molecule has 0 spiro atoms. The van der Waals surface area contributed by atoms with Gasteiger partial charge < -0.3 is 0 Å². The molecular formula is C14H8O2. The minimum absolute atomic E-state index is 0.0913. The average Bonchev–Trinajstić information content (AvgIpc) is 2.33. The molecule has 0 aromatic heterocycles. The van der Waals surface area contributed by atoms with Crippen LogP contribution in [0.5, 0.6) is 0 Å². The summed E-state index contributed by atoms with van der Waals surface area (Å²) in [4.78, 5) is 22.7. The number of carbonyl (C=O) groups is 2. The Hall–Kier alpha value is -2.22. The molecule has 76 valence electrons. The van der Waals surface area contributed by atoms with E-state index in [-0.39, 0.29) is 5.78 Å². The number of allylic oxidation sites excluding steroid dienone is 1. The van der Waals surface area contributed by atoms with Crippen molar-refractivity contribution in [2.24, 2.45) is 0 Å². The first-order valence-corrected chi connectivity index (χ1v) is 5.04. The minimum Gasteiger partial charge on any atom is -0.298 e. The van der Waals surface area contributed by atoms with Crippen LogP contribution in [0.25, 0.3) is 16.8 Å². The monoisotopic (exact) mass is 208 g/mol. The molecule has 2 aromatic carbocycles. The van der Waals surface area contributed by atoms with E-state index in [1.165, 1.54) is 6.08 Å². The van der Waals surface area contributed by atoms with Crippen molar-refractivity contribution in [1.29, 1.82) is 0 Å². The smallest absolute Gasteiger partial charge is 0.187 e. The molecule has 0 N–H and O–H groups in total. The molecule has 0 radical (unpaired) electrons. The van der Waals surface area contributed by atoms with Crippen molar-refractivity contribution in [1.82, 2.24) is 0 Å². The number of benzene rings is 2. The zero-order chi connectivity index (χ0) is 11.1. The molecule has 3 rings (SSSR count). The van der Waals surface area contributed by atoms with E-state index in [0.29, 0.717) is 11.1 Å². The number of hydrogen-bond acceptors (Lipinski definition) is 2. The first-order chi connectivity index (χ1) is 7.81. The zero-order valence-electron chi connectivity index (χ0n) is 8.44. The molecule has 0 fully saturated rings. The first kappa shape index (κ1) is 9.04. The van der Waals surface area contributed by atoms with Gasteiger partial charge in [0.2, 0.25) is 0 Å². The van der Waals surface area contributed by atoms with Gasteiger partial charge in [0, 0.05) is 16.5 Å². The van der Waals surface area contributed by atoms with Gasteiger partial charge in [-0.1, -0.05) is 36.4 Å². The van der Waals surface area contributed by atoms with Crippen LogP contribution >= 0.6 is 0 Å². The Labute approximate surface area is 92.2 Å². The van der Waals surface area contributed by atoms with Crippen LogP contribution < -0.4 is 0 Å². The maximum absolute atomic E-state index is 11.8. The van der Waals surface area contributed by atoms with Gasteiger partial charge in [-0.2, -0.15) is 0 Å². The third-order valence-corrected chi connectivity index (χ3v) is 2.90. The maximum atomic E-state index is 11.8. The summed E-state index contributed by atoms with van der Waals surface area (Å²) in [5.74, 6) is -0.0913. The van der Waals surface area contributed by atoms with Crippen LogP contribution in [0.2, 0.25) is 0 Å². The standard InChI is InChI=1S/C14H8O2/c15-8-11-5-4-9-2-1-3-10-6-7-12(16)14(11)13(9)10/h1-8H. The van der Waals surface area contributed by atoms with Crippen molar-refractivity contribution in [3.05, 3.63) is 53.1 Å². The highest BCUT2D eigenvalue weighted by atomic mass is 16.1. The minimum atomic E-state index is -0.0913. The Balaban J connectivity index is 2.57. The molecule has 0 amide bonds. The van der Waals surface area contributed by atoms with Crippen molar-refractivity contribution < 1.29 is 9.59 Å². The molecule has 0 aliphatic heterocycles. The molecule has 2 aromatic rings. The highest BCUT2D eigenvalue weighted by Crippen LogP contribution is 2.30. The van der Waals surface area contributed by atoms with Crippen LogP contribution in [0.1, 0.15) is 26.3 Å². The average molecular weight is 208 g/mol. The fourth-order valence-corrected chi connectivity index (χ4v) is 2.17. The van der Waals surface area contributed by atoms with Gasteiger partial charge in [-0.25, -0.2) is 0 Å². The molecule has 0 saturated carbocycles. The SMILES string of the molecule is O=Cc1ccc2cccc3c2c1C(=O)C=C3. The Morgan fingerprint density at radius 2 is 1.88 bits per heavy atom. The Kier molecular flexibility index (Phi) is 1.77. The molecule has 2 heteroatoms. The van der Waals surface area contributed by atoms with Gasteiger partial charge in [0.25, 0.3) is 0 Å². The predicted molar refractivity (Wildman–Crippen MR) is 62.7 cm³/mol. The quantitative estimate of drug-likeness (QED) is 0.675. The highest BCUT2D eigenvalue weighted by molar-refractivity contribution is 6.22. The zero-order valence-corrected chi connectivity index (χ0v) is 8.44. The highest BCUT2D eigenvalue weighted by Gasteiger charge is 2.18. The summed E-state index contributed by atoms with van der Waals surface area (Å²) < 4.78 is 0. The predicted octanol–water partition coefficient (Wildman–Crippen LogP) is 2.86. The number of carbonyl (C=O) groups excluding carboxylic acids is 2. The molecule has 0 bridgehead atoms. The number of ketones is 1. The van der Waals surface area contributed by atoms with E-state index in [0.717, 1.165) is 22.6 Å². The van der Waals surface area contributed by atoms with Gasteiger partial charge in [0.15, 0.2) is 12.1 Å². The lowest BCUT2D eigenvalue weighted by Gasteiger charge is -2.13. The van der Waals surface area contributed by atoms with Crippen molar-refractivity contribution in [2.45, 2.75) is 0 Å². The van der Waals surface area contributed by atoms with Crippen molar-refractivity contribution >= 4 is 28.9 Å². The summed E-state index contributed by atoms with van der Waals surface area (Å²) in [6, 6.07) is 9.42. The van der Waals surface area contributed by atoms with Gasteiger partial charge >= 0.3 is 0 Å². The fourth-order valence-electron chi connectivity index (χ4n) is 2.17. The number of rotatable bonds is 1. The van der Waals surface area contributed by atoms with E-state index in [4.69, 9.17) is 0 Å². The van der Waals surface area contributed by atoms with Crippen molar-refractivity contribution in [3.63, 3.8) is 0 Å². The summed E-state index contributed by atoms with van der Waals surface area (Å²) in [7, 11) is 0. The van der Waals surface area contributed by atoms with Gasteiger partial charge in [-0.15, -0.1) is 0 Å². The topological polar surface area (TPSA) is 34.1 Å².